The average Bonchev–Trinajstić information content (AvgIpc) is 3.99. The maximum absolute atomic E-state index is 11.5. The standard InChI is InChI=1S/C12H21NO8.C12H21NO7.C12H21NO6/c14-12(1-2-13(15)16)21-11(5-17-3-9-7-19-9)6-18-4-10-8-20-10;14-12(1-2-13-15)20-11(5-16-3-9-7-18-9)6-17-4-10-8-19-10;13-2-1-12(14)19-11(5-15-3-9-7-17-9)6-16-4-10-8-18-10/h9-11,15-16H,1-8H2;9-11,13,15H,1-8H2;9-11H,1-8,13H2. The van der Waals surface area contributed by atoms with Gasteiger partial charge in [-0.15, -0.1) is 0 Å². The summed E-state index contributed by atoms with van der Waals surface area (Å²) in [5.41, 5.74) is 7.21. The molecule has 0 bridgehead atoms. The lowest BCUT2D eigenvalue weighted by Crippen LogP contribution is -2.31. The van der Waals surface area contributed by atoms with Crippen LogP contribution in [0.5, 0.6) is 0 Å². The number of hydrogen-bond acceptors (Lipinski definition) is 24. The Morgan fingerprint density at radius 2 is 0.783 bits per heavy atom. The largest absolute Gasteiger partial charge is 0.457 e. The van der Waals surface area contributed by atoms with Gasteiger partial charge in [0.05, 0.1) is 145 Å². The summed E-state index contributed by atoms with van der Waals surface area (Å²) >= 11 is 0. The molecule has 6 N–H and O–H groups in total. The summed E-state index contributed by atoms with van der Waals surface area (Å²) in [4.78, 5) is 34.5. The van der Waals surface area contributed by atoms with E-state index in [-0.39, 0.29) is 113 Å². The minimum Gasteiger partial charge on any atom is -0.457 e. The van der Waals surface area contributed by atoms with Crippen molar-refractivity contribution in [1.29, 1.82) is 0 Å². The van der Waals surface area contributed by atoms with Crippen molar-refractivity contribution >= 4 is 17.9 Å². The third kappa shape index (κ3) is 29.1. The van der Waals surface area contributed by atoms with Crippen LogP contribution in [0.25, 0.3) is 0 Å². The van der Waals surface area contributed by atoms with Crippen LogP contribution in [0.1, 0.15) is 19.3 Å². The van der Waals surface area contributed by atoms with E-state index in [9.17, 15) is 14.4 Å². The normalized spacial score (nSPS) is 25.4. The van der Waals surface area contributed by atoms with Crippen LogP contribution in [0.3, 0.4) is 0 Å². The van der Waals surface area contributed by atoms with E-state index >= 15 is 0 Å². The van der Waals surface area contributed by atoms with Crippen LogP contribution in [-0.4, -0.2) is 232 Å². The molecule has 348 valence electrons. The van der Waals surface area contributed by atoms with Crippen molar-refractivity contribution in [3.05, 3.63) is 0 Å². The monoisotopic (exact) mass is 873 g/mol. The highest BCUT2D eigenvalue weighted by Crippen LogP contribution is 2.14. The number of ether oxygens (including phenoxy) is 15. The number of epoxide rings is 6. The predicted molar refractivity (Wildman–Crippen MR) is 196 cm³/mol. The molecule has 0 spiro atoms. The molecule has 6 heterocycles. The first kappa shape index (κ1) is 50.3. The fourth-order valence-corrected chi connectivity index (χ4v) is 4.52. The number of carbonyl (C=O) groups excluding carboxylic acids is 3. The number of carbonyl (C=O) groups is 3. The molecule has 6 atom stereocenters. The summed E-state index contributed by atoms with van der Waals surface area (Å²) in [7, 11) is 0. The van der Waals surface area contributed by atoms with Crippen LogP contribution >= 0.6 is 0 Å². The van der Waals surface area contributed by atoms with E-state index in [1.807, 2.05) is 5.48 Å². The second kappa shape index (κ2) is 29.9. The van der Waals surface area contributed by atoms with Gasteiger partial charge < -0.3 is 82.0 Å². The molecule has 6 aliphatic heterocycles. The van der Waals surface area contributed by atoms with Gasteiger partial charge in [0.1, 0.15) is 54.9 Å². The third-order valence-corrected chi connectivity index (χ3v) is 8.26. The van der Waals surface area contributed by atoms with Gasteiger partial charge in [-0.05, 0) is 0 Å². The highest BCUT2D eigenvalue weighted by atomic mass is 16.8. The Bertz CT molecular complexity index is 1120. The van der Waals surface area contributed by atoms with E-state index in [2.05, 4.69) is 0 Å². The highest BCUT2D eigenvalue weighted by molar-refractivity contribution is 5.70. The molecule has 6 unspecified atom stereocenters. The van der Waals surface area contributed by atoms with E-state index < -0.39 is 30.3 Å². The molecule has 24 heteroatoms. The number of nitrogens with two attached hydrogens (primary N) is 1. The van der Waals surface area contributed by atoms with Crippen LogP contribution < -0.4 is 11.2 Å². The van der Waals surface area contributed by atoms with Crippen molar-refractivity contribution in [2.24, 2.45) is 5.73 Å². The molecular weight excluding hydrogens is 810 g/mol. The number of hydrogen-bond donors (Lipinski definition) is 5. The second-order valence-corrected chi connectivity index (χ2v) is 14.3. The lowest BCUT2D eigenvalue weighted by molar-refractivity contribution is -0.306. The van der Waals surface area contributed by atoms with E-state index in [4.69, 9.17) is 92.4 Å². The first-order valence-electron chi connectivity index (χ1n) is 20.2. The SMILES string of the molecule is NCCC(=O)OC(COCC1CO1)COCC1CO1.O=C(CCN(O)O)OC(COCC1CO1)COCC1CO1.O=C(CCNO)OC(COCC1CO1)COCC1CO1. The Kier molecular flexibility index (Phi) is 25.1. The molecule has 0 amide bonds. The Hall–Kier alpha value is -2.31. The zero-order valence-electron chi connectivity index (χ0n) is 33.9. The number of nitrogens with one attached hydrogen (secondary N) is 1. The molecule has 6 saturated heterocycles. The van der Waals surface area contributed by atoms with Gasteiger partial charge in [-0.2, -0.15) is 0 Å². The Labute approximate surface area is 348 Å². The highest BCUT2D eigenvalue weighted by Gasteiger charge is 2.29. The van der Waals surface area contributed by atoms with Gasteiger partial charge in [-0.1, -0.05) is 5.23 Å². The van der Waals surface area contributed by atoms with Crippen molar-refractivity contribution < 1.29 is 101 Å². The quantitative estimate of drug-likeness (QED) is 0.0188. The van der Waals surface area contributed by atoms with Crippen molar-refractivity contribution in [3.8, 4) is 0 Å². The second-order valence-electron chi connectivity index (χ2n) is 14.3. The molecule has 0 aromatic heterocycles. The summed E-state index contributed by atoms with van der Waals surface area (Å²) in [5, 5.41) is 25.5. The van der Waals surface area contributed by atoms with Gasteiger partial charge in [0, 0.05) is 13.1 Å². The zero-order valence-corrected chi connectivity index (χ0v) is 33.9. The maximum Gasteiger partial charge on any atom is 0.307 e. The van der Waals surface area contributed by atoms with E-state index in [0.29, 0.717) is 66.1 Å². The van der Waals surface area contributed by atoms with Crippen LogP contribution in [0.15, 0.2) is 0 Å². The average molecular weight is 874 g/mol. The minimum absolute atomic E-state index is 0.0574. The molecule has 0 aliphatic carbocycles. The summed E-state index contributed by atoms with van der Waals surface area (Å²) in [6.45, 7) is 9.06. The molecule has 0 aromatic rings. The first-order chi connectivity index (χ1) is 29.2. The summed E-state index contributed by atoms with van der Waals surface area (Å²) in [5.74, 6) is -1.29. The molecule has 6 rings (SSSR count). The topological polar surface area (TPSA) is 311 Å². The van der Waals surface area contributed by atoms with Gasteiger partial charge in [0.2, 0.25) is 0 Å². The zero-order chi connectivity index (χ0) is 42.8. The number of rotatable bonds is 35. The van der Waals surface area contributed by atoms with Crippen molar-refractivity contribution in [1.82, 2.24) is 10.7 Å². The van der Waals surface area contributed by atoms with Crippen LogP contribution in [-0.2, 0) is 85.4 Å². The summed E-state index contributed by atoms with van der Waals surface area (Å²) < 4.78 is 78.3. The van der Waals surface area contributed by atoms with Crippen LogP contribution in [0.4, 0.5) is 0 Å². The molecule has 0 aromatic carbocycles. The number of hydroxylamine groups is 3. The fraction of sp³-hybridized carbons (Fsp3) is 0.917. The van der Waals surface area contributed by atoms with E-state index in [0.717, 1.165) is 26.4 Å². The van der Waals surface area contributed by atoms with Gasteiger partial charge in [-0.25, -0.2) is 5.48 Å². The van der Waals surface area contributed by atoms with E-state index in [1.165, 1.54) is 0 Å². The first-order valence-corrected chi connectivity index (χ1v) is 20.2. The molecule has 6 aliphatic rings. The predicted octanol–water partition coefficient (Wildman–Crippen LogP) is -2.62. The molecule has 6 fully saturated rings. The lowest BCUT2D eigenvalue weighted by Gasteiger charge is -2.18. The summed E-state index contributed by atoms with van der Waals surface area (Å²) in [6.07, 6.45) is -0.242. The molecule has 60 heavy (non-hydrogen) atoms. The van der Waals surface area contributed by atoms with Gasteiger partial charge in [-0.3, -0.25) is 24.8 Å². The van der Waals surface area contributed by atoms with Crippen LogP contribution in [0, 0.1) is 0 Å². The molecular formula is C36H63N3O21. The molecule has 24 nitrogen and oxygen atoms in total. The van der Waals surface area contributed by atoms with Crippen molar-refractivity contribution in [2.45, 2.75) is 74.2 Å². The molecule has 0 radical (unpaired) electrons. The third-order valence-electron chi connectivity index (χ3n) is 8.26. The van der Waals surface area contributed by atoms with E-state index in [1.54, 1.807) is 0 Å². The Morgan fingerprint density at radius 1 is 0.517 bits per heavy atom. The van der Waals surface area contributed by atoms with Crippen LogP contribution in [0.2, 0.25) is 0 Å². The molecule has 0 saturated carbocycles. The van der Waals surface area contributed by atoms with Gasteiger partial charge in [0.25, 0.3) is 0 Å². The summed E-state index contributed by atoms with van der Waals surface area (Å²) in [6, 6.07) is 0. The lowest BCUT2D eigenvalue weighted by atomic mass is 10.3. The number of nitrogens with zero attached hydrogens (tertiary/aromatic N) is 1. The van der Waals surface area contributed by atoms with Gasteiger partial charge in [0.15, 0.2) is 0 Å². The minimum atomic E-state index is -0.550. The van der Waals surface area contributed by atoms with Gasteiger partial charge >= 0.3 is 17.9 Å². The number of esters is 3. The smallest absolute Gasteiger partial charge is 0.307 e. The van der Waals surface area contributed by atoms with Crippen molar-refractivity contribution in [3.63, 3.8) is 0 Å². The van der Waals surface area contributed by atoms with Crippen molar-refractivity contribution in [2.75, 3.05) is 139 Å². The Morgan fingerprint density at radius 3 is 1.02 bits per heavy atom. The fourth-order valence-electron chi connectivity index (χ4n) is 4.52. The Balaban J connectivity index is 0.000000199. The maximum atomic E-state index is 11.5.